The van der Waals surface area contributed by atoms with Crippen molar-refractivity contribution >= 4 is 11.4 Å². The minimum absolute atomic E-state index is 0.0373. The van der Waals surface area contributed by atoms with Gasteiger partial charge in [-0.3, -0.25) is 8.74 Å². The van der Waals surface area contributed by atoms with Gasteiger partial charge in [0.1, 0.15) is 5.75 Å². The molecule has 0 aliphatic heterocycles. The van der Waals surface area contributed by atoms with Gasteiger partial charge in [0.05, 0.1) is 6.61 Å². The average molecular weight is 300 g/mol. The molecule has 0 saturated carbocycles. The van der Waals surface area contributed by atoms with Crippen LogP contribution in [0.25, 0.3) is 0 Å². The molecule has 5 heteroatoms. The van der Waals surface area contributed by atoms with Gasteiger partial charge in [0.25, 0.3) is 0 Å². The normalized spacial score (nSPS) is 14.3. The first kappa shape index (κ1) is 17.1. The zero-order chi connectivity index (χ0) is 15.7. The molecule has 0 spiro atoms. The summed E-state index contributed by atoms with van der Waals surface area (Å²) >= 11 is -2.29. The molecule has 0 fully saturated rings. The molecule has 1 unspecified atom stereocenters. The summed E-state index contributed by atoms with van der Waals surface area (Å²) in [5.74, 6) is 0.291. The van der Waals surface area contributed by atoms with E-state index in [1.165, 1.54) is 0 Å². The smallest absolute Gasteiger partial charge is 0.302 e. The predicted octanol–water partition coefficient (Wildman–Crippen LogP) is 3.64. The summed E-state index contributed by atoms with van der Waals surface area (Å²) in [5.41, 5.74) is 1.95. The van der Waals surface area contributed by atoms with E-state index in [4.69, 9.17) is 8.74 Å². The topological polar surface area (TPSA) is 66.8 Å². The molecule has 0 aromatic heterocycles. The second-order valence-electron chi connectivity index (χ2n) is 7.02. The fourth-order valence-corrected chi connectivity index (χ4v) is 2.28. The number of benzene rings is 1. The van der Waals surface area contributed by atoms with E-state index < -0.39 is 11.4 Å². The summed E-state index contributed by atoms with van der Waals surface area (Å²) in [4.78, 5) is 0. The highest BCUT2D eigenvalue weighted by Crippen LogP contribution is 2.39. The number of rotatable bonds is 3. The van der Waals surface area contributed by atoms with Crippen LogP contribution in [0.4, 0.5) is 0 Å². The molecule has 0 aliphatic carbocycles. The molecule has 1 rings (SSSR count). The van der Waals surface area contributed by atoms with E-state index in [1.54, 1.807) is 0 Å². The Kier molecular flexibility index (Phi) is 5.00. The second-order valence-corrected chi connectivity index (χ2v) is 7.69. The number of hydrogen-bond donors (Lipinski definition) is 2. The summed E-state index contributed by atoms with van der Waals surface area (Å²) in [6.45, 7) is 12.1. The molecule has 1 aromatic rings. The lowest BCUT2D eigenvalue weighted by atomic mass is 9.78. The van der Waals surface area contributed by atoms with E-state index in [9.17, 15) is 9.32 Å². The maximum Gasteiger partial charge on any atom is 0.302 e. The first-order valence-corrected chi connectivity index (χ1v) is 7.57. The standard InChI is InChI=1S/C15H24O4S/c1-14(2,3)11-7-10(9-19-20(17)18)8-12(13(11)16)15(4,5)6/h7-8,16H,9H2,1-6H3,(H,17,18). The van der Waals surface area contributed by atoms with Crippen molar-refractivity contribution in [2.24, 2.45) is 0 Å². The van der Waals surface area contributed by atoms with E-state index in [0.717, 1.165) is 16.7 Å². The monoisotopic (exact) mass is 300 g/mol. The van der Waals surface area contributed by atoms with Crippen LogP contribution in [-0.2, 0) is 33.0 Å². The molecule has 0 bridgehead atoms. The van der Waals surface area contributed by atoms with Crippen LogP contribution in [0.1, 0.15) is 58.2 Å². The van der Waals surface area contributed by atoms with Crippen molar-refractivity contribution in [2.75, 3.05) is 0 Å². The number of hydrogen-bond acceptors (Lipinski definition) is 3. The fraction of sp³-hybridized carbons (Fsp3) is 0.600. The lowest BCUT2D eigenvalue weighted by molar-refractivity contribution is 0.296. The number of phenolic OH excluding ortho intramolecular Hbond substituents is 1. The second kappa shape index (κ2) is 5.84. The fourth-order valence-electron chi connectivity index (χ4n) is 2.04. The van der Waals surface area contributed by atoms with Crippen LogP contribution < -0.4 is 0 Å². The molecular formula is C15H24O4S. The van der Waals surface area contributed by atoms with Crippen LogP contribution in [0.2, 0.25) is 0 Å². The van der Waals surface area contributed by atoms with Crippen molar-refractivity contribution in [1.82, 2.24) is 0 Å². The van der Waals surface area contributed by atoms with Crippen molar-refractivity contribution in [1.29, 1.82) is 0 Å². The first-order valence-electron chi connectivity index (χ1n) is 6.54. The molecule has 0 amide bonds. The minimum Gasteiger partial charge on any atom is -0.507 e. The largest absolute Gasteiger partial charge is 0.507 e. The van der Waals surface area contributed by atoms with Gasteiger partial charge in [-0.25, -0.2) is 0 Å². The van der Waals surface area contributed by atoms with Crippen LogP contribution in [-0.4, -0.2) is 13.9 Å². The first-order chi connectivity index (χ1) is 8.93. The summed E-state index contributed by atoms with van der Waals surface area (Å²) in [6.07, 6.45) is 0. The lowest BCUT2D eigenvalue weighted by Crippen LogP contribution is -2.18. The van der Waals surface area contributed by atoms with Gasteiger partial charge >= 0.3 is 11.4 Å². The van der Waals surface area contributed by atoms with Gasteiger partial charge in [-0.1, -0.05) is 41.5 Å². The Morgan fingerprint density at radius 2 is 1.45 bits per heavy atom. The summed E-state index contributed by atoms with van der Waals surface area (Å²) < 4.78 is 24.1. The quantitative estimate of drug-likeness (QED) is 0.836. The molecule has 20 heavy (non-hydrogen) atoms. The van der Waals surface area contributed by atoms with E-state index in [2.05, 4.69) is 0 Å². The zero-order valence-corrected chi connectivity index (χ0v) is 13.8. The van der Waals surface area contributed by atoms with Gasteiger partial charge in [-0.2, -0.15) is 4.21 Å². The van der Waals surface area contributed by atoms with Crippen molar-refractivity contribution in [3.63, 3.8) is 0 Å². The average Bonchev–Trinajstić information content (AvgIpc) is 2.24. The summed E-state index contributed by atoms with van der Waals surface area (Å²) in [6, 6.07) is 3.66. The van der Waals surface area contributed by atoms with Crippen molar-refractivity contribution in [2.45, 2.75) is 59.0 Å². The molecule has 0 heterocycles. The number of aromatic hydroxyl groups is 1. The molecular weight excluding hydrogens is 276 g/mol. The Balaban J connectivity index is 3.38. The summed E-state index contributed by atoms with van der Waals surface area (Å²) in [5, 5.41) is 10.5. The van der Waals surface area contributed by atoms with E-state index in [0.29, 0.717) is 5.75 Å². The summed E-state index contributed by atoms with van der Waals surface area (Å²) in [7, 11) is 0. The number of phenols is 1. The highest BCUT2D eigenvalue weighted by molar-refractivity contribution is 7.74. The highest BCUT2D eigenvalue weighted by atomic mass is 32.2. The van der Waals surface area contributed by atoms with Gasteiger partial charge < -0.3 is 5.11 Å². The molecule has 1 aromatic carbocycles. The van der Waals surface area contributed by atoms with E-state index in [-0.39, 0.29) is 17.4 Å². The SMILES string of the molecule is CC(C)(C)c1cc(COS(=O)O)cc(C(C)(C)C)c1O. The molecule has 114 valence electrons. The van der Waals surface area contributed by atoms with E-state index >= 15 is 0 Å². The van der Waals surface area contributed by atoms with Gasteiger partial charge in [-0.05, 0) is 39.7 Å². The maximum atomic E-state index is 10.6. The van der Waals surface area contributed by atoms with Crippen LogP contribution in [0.5, 0.6) is 5.75 Å². The van der Waals surface area contributed by atoms with Crippen LogP contribution >= 0.6 is 0 Å². The molecule has 0 saturated heterocycles. The van der Waals surface area contributed by atoms with Crippen molar-refractivity contribution in [3.05, 3.63) is 28.8 Å². The Morgan fingerprint density at radius 1 is 1.05 bits per heavy atom. The van der Waals surface area contributed by atoms with Crippen LogP contribution in [0.3, 0.4) is 0 Å². The third-order valence-electron chi connectivity index (χ3n) is 3.11. The van der Waals surface area contributed by atoms with Gasteiger partial charge in [-0.15, -0.1) is 0 Å². The third-order valence-corrected chi connectivity index (χ3v) is 3.43. The van der Waals surface area contributed by atoms with E-state index in [1.807, 2.05) is 53.7 Å². The van der Waals surface area contributed by atoms with Crippen molar-refractivity contribution in [3.8, 4) is 5.75 Å². The van der Waals surface area contributed by atoms with Crippen LogP contribution in [0.15, 0.2) is 12.1 Å². The maximum absolute atomic E-state index is 10.6. The molecule has 4 nitrogen and oxygen atoms in total. The zero-order valence-electron chi connectivity index (χ0n) is 13.0. The third kappa shape index (κ3) is 4.30. The Bertz CT molecular complexity index is 475. The molecule has 0 aliphatic rings. The van der Waals surface area contributed by atoms with Gasteiger partial charge in [0, 0.05) is 0 Å². The minimum atomic E-state index is -2.29. The lowest BCUT2D eigenvalue weighted by Gasteiger charge is -2.28. The molecule has 2 N–H and O–H groups in total. The Hall–Kier alpha value is -0.910. The molecule has 0 radical (unpaired) electrons. The Labute approximate surface area is 123 Å². The predicted molar refractivity (Wildman–Crippen MR) is 81.1 cm³/mol. The highest BCUT2D eigenvalue weighted by Gasteiger charge is 2.26. The van der Waals surface area contributed by atoms with Crippen LogP contribution in [0, 0.1) is 0 Å². The Morgan fingerprint density at radius 3 is 1.75 bits per heavy atom. The van der Waals surface area contributed by atoms with Gasteiger partial charge in [0.2, 0.25) is 0 Å². The van der Waals surface area contributed by atoms with Gasteiger partial charge in [0.15, 0.2) is 0 Å². The van der Waals surface area contributed by atoms with Crippen molar-refractivity contribution < 1.29 is 18.1 Å². The molecule has 1 atom stereocenters.